The lowest BCUT2D eigenvalue weighted by atomic mass is 9.98. The van der Waals surface area contributed by atoms with E-state index in [9.17, 15) is 4.79 Å². The number of carbonyl (C=O) groups excluding carboxylic acids is 1. The molecule has 1 amide bonds. The number of nitrogens with one attached hydrogen (secondary N) is 1. The van der Waals surface area contributed by atoms with Crippen molar-refractivity contribution in [2.75, 3.05) is 0 Å². The van der Waals surface area contributed by atoms with Crippen LogP contribution in [-0.2, 0) is 4.79 Å². The second kappa shape index (κ2) is 7.99. The minimum absolute atomic E-state index is 0.104. The van der Waals surface area contributed by atoms with Gasteiger partial charge in [-0.25, -0.2) is 0 Å². The Balaban J connectivity index is 2.26. The zero-order valence-corrected chi connectivity index (χ0v) is 13.0. The number of hydrogen-bond donors (Lipinski definition) is 1. The Morgan fingerprint density at radius 3 is 2.23 bits per heavy atom. The summed E-state index contributed by atoms with van der Waals surface area (Å²) in [6.07, 6.45) is 7.01. The molecule has 0 bridgehead atoms. The van der Waals surface area contributed by atoms with Crippen LogP contribution in [-0.4, -0.2) is 5.91 Å². The van der Waals surface area contributed by atoms with Crippen molar-refractivity contribution in [3.63, 3.8) is 0 Å². The SMILES string of the molecule is C/C=C/C=C/C(=O)NC(c1ccccc1)c1ccc(C)cc1. The highest BCUT2D eigenvalue weighted by molar-refractivity contribution is 5.88. The number of carbonyl (C=O) groups is 1. The summed E-state index contributed by atoms with van der Waals surface area (Å²) in [4.78, 5) is 12.1. The number of allylic oxidation sites excluding steroid dienone is 3. The van der Waals surface area contributed by atoms with Gasteiger partial charge in [0.1, 0.15) is 0 Å². The maximum atomic E-state index is 12.1. The van der Waals surface area contributed by atoms with Crippen molar-refractivity contribution in [2.45, 2.75) is 19.9 Å². The normalized spacial score (nSPS) is 12.6. The van der Waals surface area contributed by atoms with Gasteiger partial charge in [0, 0.05) is 6.08 Å². The molecule has 1 unspecified atom stereocenters. The van der Waals surface area contributed by atoms with Crippen molar-refractivity contribution in [1.29, 1.82) is 0 Å². The predicted molar refractivity (Wildman–Crippen MR) is 91.6 cm³/mol. The van der Waals surface area contributed by atoms with Crippen molar-refractivity contribution in [1.82, 2.24) is 5.32 Å². The topological polar surface area (TPSA) is 29.1 Å². The summed E-state index contributed by atoms with van der Waals surface area (Å²) in [7, 11) is 0. The van der Waals surface area contributed by atoms with Gasteiger partial charge in [-0.1, -0.05) is 78.4 Å². The van der Waals surface area contributed by atoms with Crippen LogP contribution in [0.2, 0.25) is 0 Å². The Morgan fingerprint density at radius 2 is 1.59 bits per heavy atom. The number of benzene rings is 2. The zero-order valence-electron chi connectivity index (χ0n) is 13.0. The van der Waals surface area contributed by atoms with E-state index in [2.05, 4.69) is 36.5 Å². The van der Waals surface area contributed by atoms with Gasteiger partial charge in [0.15, 0.2) is 0 Å². The fourth-order valence-corrected chi connectivity index (χ4v) is 2.21. The molecule has 0 saturated carbocycles. The Kier molecular flexibility index (Phi) is 5.73. The molecule has 2 heteroatoms. The van der Waals surface area contributed by atoms with Gasteiger partial charge < -0.3 is 5.32 Å². The molecule has 2 rings (SSSR count). The van der Waals surface area contributed by atoms with Crippen LogP contribution in [0.3, 0.4) is 0 Å². The van der Waals surface area contributed by atoms with Crippen LogP contribution in [0.15, 0.2) is 78.9 Å². The summed E-state index contributed by atoms with van der Waals surface area (Å²) in [5.74, 6) is -0.104. The van der Waals surface area contributed by atoms with E-state index in [1.807, 2.05) is 49.4 Å². The van der Waals surface area contributed by atoms with Crippen LogP contribution >= 0.6 is 0 Å². The fraction of sp³-hybridized carbons (Fsp3) is 0.150. The van der Waals surface area contributed by atoms with Crippen molar-refractivity contribution < 1.29 is 4.79 Å². The van der Waals surface area contributed by atoms with Gasteiger partial charge in [0.05, 0.1) is 6.04 Å². The molecular formula is C20H21NO. The van der Waals surface area contributed by atoms with Crippen molar-refractivity contribution in [2.24, 2.45) is 0 Å². The van der Waals surface area contributed by atoms with E-state index in [4.69, 9.17) is 0 Å². The molecule has 2 aromatic carbocycles. The molecule has 0 aliphatic carbocycles. The number of aryl methyl sites for hydroxylation is 1. The molecular weight excluding hydrogens is 270 g/mol. The van der Waals surface area contributed by atoms with E-state index in [1.165, 1.54) is 5.56 Å². The van der Waals surface area contributed by atoms with E-state index in [0.717, 1.165) is 11.1 Å². The van der Waals surface area contributed by atoms with Crippen molar-refractivity contribution in [3.8, 4) is 0 Å². The van der Waals surface area contributed by atoms with E-state index >= 15 is 0 Å². The first-order valence-corrected chi connectivity index (χ1v) is 7.42. The minimum Gasteiger partial charge on any atom is -0.342 e. The smallest absolute Gasteiger partial charge is 0.244 e. The van der Waals surface area contributed by atoms with E-state index in [1.54, 1.807) is 12.2 Å². The highest BCUT2D eigenvalue weighted by atomic mass is 16.1. The van der Waals surface area contributed by atoms with E-state index in [-0.39, 0.29) is 11.9 Å². The number of hydrogen-bond acceptors (Lipinski definition) is 1. The first-order chi connectivity index (χ1) is 10.7. The van der Waals surface area contributed by atoms with Gasteiger partial charge >= 0.3 is 0 Å². The van der Waals surface area contributed by atoms with Gasteiger partial charge in [-0.3, -0.25) is 4.79 Å². The van der Waals surface area contributed by atoms with Crippen LogP contribution in [0.1, 0.15) is 29.7 Å². The Bertz CT molecular complexity index is 654. The summed E-state index contributed by atoms with van der Waals surface area (Å²) in [6.45, 7) is 3.97. The molecule has 0 spiro atoms. The summed E-state index contributed by atoms with van der Waals surface area (Å²) >= 11 is 0. The quantitative estimate of drug-likeness (QED) is 0.644. The maximum Gasteiger partial charge on any atom is 0.244 e. The molecule has 22 heavy (non-hydrogen) atoms. The third-order valence-electron chi connectivity index (χ3n) is 3.38. The molecule has 0 aromatic heterocycles. The summed E-state index contributed by atoms with van der Waals surface area (Å²) in [5.41, 5.74) is 3.35. The van der Waals surface area contributed by atoms with E-state index in [0.29, 0.717) is 0 Å². The average molecular weight is 291 g/mol. The highest BCUT2D eigenvalue weighted by Gasteiger charge is 2.15. The highest BCUT2D eigenvalue weighted by Crippen LogP contribution is 2.22. The molecule has 2 aromatic rings. The summed E-state index contributed by atoms with van der Waals surface area (Å²) in [5, 5.41) is 3.07. The van der Waals surface area contributed by atoms with Crippen LogP contribution < -0.4 is 5.32 Å². The van der Waals surface area contributed by atoms with Gasteiger partial charge in [-0.05, 0) is 25.0 Å². The molecule has 0 aliphatic rings. The van der Waals surface area contributed by atoms with Crippen LogP contribution in [0.4, 0.5) is 0 Å². The third-order valence-corrected chi connectivity index (χ3v) is 3.38. The Morgan fingerprint density at radius 1 is 0.955 bits per heavy atom. The molecule has 0 saturated heterocycles. The van der Waals surface area contributed by atoms with Gasteiger partial charge in [-0.15, -0.1) is 0 Å². The standard InChI is InChI=1S/C20H21NO/c1-3-4-6-11-19(22)21-20(17-9-7-5-8-10-17)18-14-12-16(2)13-15-18/h3-15,20H,1-2H3,(H,21,22)/b4-3+,11-6+. The summed E-state index contributed by atoms with van der Waals surface area (Å²) < 4.78 is 0. The summed E-state index contributed by atoms with van der Waals surface area (Å²) in [6, 6.07) is 18.1. The first kappa shape index (κ1) is 15.8. The second-order valence-corrected chi connectivity index (χ2v) is 5.15. The fourth-order valence-electron chi connectivity index (χ4n) is 2.21. The number of rotatable bonds is 5. The van der Waals surface area contributed by atoms with Gasteiger partial charge in [0.2, 0.25) is 5.91 Å². The monoisotopic (exact) mass is 291 g/mol. The molecule has 0 heterocycles. The zero-order chi connectivity index (χ0) is 15.8. The van der Waals surface area contributed by atoms with Crippen LogP contribution in [0.5, 0.6) is 0 Å². The molecule has 112 valence electrons. The Hall–Kier alpha value is -2.61. The third kappa shape index (κ3) is 4.45. The minimum atomic E-state index is -0.149. The Labute approximate surface area is 132 Å². The maximum absolute atomic E-state index is 12.1. The number of amides is 1. The molecule has 1 atom stereocenters. The lowest BCUT2D eigenvalue weighted by Crippen LogP contribution is -2.27. The first-order valence-electron chi connectivity index (χ1n) is 7.42. The van der Waals surface area contributed by atoms with Gasteiger partial charge in [0.25, 0.3) is 0 Å². The largest absolute Gasteiger partial charge is 0.342 e. The van der Waals surface area contributed by atoms with Crippen molar-refractivity contribution >= 4 is 5.91 Å². The second-order valence-electron chi connectivity index (χ2n) is 5.15. The molecule has 1 N–H and O–H groups in total. The van der Waals surface area contributed by atoms with Gasteiger partial charge in [-0.2, -0.15) is 0 Å². The van der Waals surface area contributed by atoms with Crippen molar-refractivity contribution in [3.05, 3.63) is 95.6 Å². The predicted octanol–water partition coefficient (Wildman–Crippen LogP) is 4.33. The van der Waals surface area contributed by atoms with E-state index < -0.39 is 0 Å². The molecule has 0 aliphatic heterocycles. The molecule has 0 fully saturated rings. The van der Waals surface area contributed by atoms with Crippen LogP contribution in [0, 0.1) is 6.92 Å². The lowest BCUT2D eigenvalue weighted by Gasteiger charge is -2.19. The lowest BCUT2D eigenvalue weighted by molar-refractivity contribution is -0.117. The average Bonchev–Trinajstić information content (AvgIpc) is 2.55. The molecule has 2 nitrogen and oxygen atoms in total. The van der Waals surface area contributed by atoms with Crippen LogP contribution in [0.25, 0.3) is 0 Å². The molecule has 0 radical (unpaired) electrons.